The maximum atomic E-state index is 14.8. The molecule has 0 fully saturated rings. The van der Waals surface area contributed by atoms with Gasteiger partial charge in [-0.05, 0) is 43.7 Å². The lowest BCUT2D eigenvalue weighted by molar-refractivity contribution is 0.598. The first-order valence-electron chi connectivity index (χ1n) is 8.92. The second-order valence-electron chi connectivity index (χ2n) is 6.68. The largest absolute Gasteiger partial charge is 0.350 e. The number of thiophene rings is 1. The highest BCUT2D eigenvalue weighted by molar-refractivity contribution is 7.19. The van der Waals surface area contributed by atoms with Crippen molar-refractivity contribution in [2.75, 3.05) is 11.9 Å². The molecule has 4 aromatic rings. The molecule has 1 aromatic carbocycles. The van der Waals surface area contributed by atoms with Crippen molar-refractivity contribution < 1.29 is 8.78 Å². The third-order valence-electron chi connectivity index (χ3n) is 4.92. The van der Waals surface area contributed by atoms with Crippen molar-refractivity contribution in [1.29, 1.82) is 0 Å². The molecule has 0 amide bonds. The van der Waals surface area contributed by atoms with E-state index in [-0.39, 0.29) is 17.2 Å². The van der Waals surface area contributed by atoms with Crippen molar-refractivity contribution in [1.82, 2.24) is 15.3 Å². The Bertz CT molecular complexity index is 1230. The first-order valence-corrected chi connectivity index (χ1v) is 10.6. The number of pyridine rings is 1. The van der Waals surface area contributed by atoms with Crippen molar-refractivity contribution >= 4 is 60.1 Å². The molecule has 142 valence electrons. The maximum absolute atomic E-state index is 14.8. The summed E-state index contributed by atoms with van der Waals surface area (Å²) in [6, 6.07) is 5.36. The van der Waals surface area contributed by atoms with Crippen LogP contribution in [0.25, 0.3) is 26.0 Å². The number of hydrogen-bond donors (Lipinski definition) is 2. The maximum Gasteiger partial charge on any atom is 0.176 e. The number of benzene rings is 1. The van der Waals surface area contributed by atoms with E-state index in [9.17, 15) is 8.78 Å². The van der Waals surface area contributed by atoms with Gasteiger partial charge in [0.1, 0.15) is 16.0 Å². The zero-order chi connectivity index (χ0) is 19.3. The molecule has 0 spiro atoms. The van der Waals surface area contributed by atoms with Crippen LogP contribution < -0.4 is 10.6 Å². The lowest BCUT2D eigenvalue weighted by Gasteiger charge is -2.21. The van der Waals surface area contributed by atoms with Crippen molar-refractivity contribution in [2.45, 2.75) is 19.4 Å². The van der Waals surface area contributed by atoms with Crippen LogP contribution in [-0.2, 0) is 0 Å². The minimum Gasteiger partial charge on any atom is -0.350 e. The first kappa shape index (κ1) is 17.7. The minimum atomic E-state index is -0.676. The third-order valence-corrected chi connectivity index (χ3v) is 6.79. The van der Waals surface area contributed by atoms with E-state index in [2.05, 4.69) is 33.6 Å². The average Bonchev–Trinajstić information content (AvgIpc) is 3.32. The van der Waals surface area contributed by atoms with Gasteiger partial charge in [-0.15, -0.1) is 22.7 Å². The second kappa shape index (κ2) is 6.88. The normalized spacial score (nSPS) is 17.2. The van der Waals surface area contributed by atoms with Crippen LogP contribution in [0, 0.1) is 11.6 Å². The summed E-state index contributed by atoms with van der Waals surface area (Å²) in [4.78, 5) is 10.4. The second-order valence-corrected chi connectivity index (χ2v) is 8.60. The Labute approximate surface area is 167 Å². The molecule has 4 nitrogen and oxygen atoms in total. The van der Waals surface area contributed by atoms with Crippen LogP contribution in [0.5, 0.6) is 0 Å². The van der Waals surface area contributed by atoms with Gasteiger partial charge in [-0.3, -0.25) is 0 Å². The lowest BCUT2D eigenvalue weighted by Crippen LogP contribution is -2.30. The number of halogens is 2. The molecule has 1 aliphatic rings. The Morgan fingerprint density at radius 3 is 3.00 bits per heavy atom. The van der Waals surface area contributed by atoms with Crippen molar-refractivity contribution in [3.63, 3.8) is 0 Å². The summed E-state index contributed by atoms with van der Waals surface area (Å²) in [6.07, 6.45) is 4.88. The van der Waals surface area contributed by atoms with E-state index in [1.807, 2.05) is 6.07 Å². The van der Waals surface area contributed by atoms with Crippen LogP contribution in [0.1, 0.15) is 18.2 Å². The highest BCUT2D eigenvalue weighted by atomic mass is 32.1. The average molecular weight is 415 g/mol. The molecule has 0 radical (unpaired) electrons. The van der Waals surface area contributed by atoms with Gasteiger partial charge in [0.15, 0.2) is 11.6 Å². The van der Waals surface area contributed by atoms with Crippen molar-refractivity contribution in [2.24, 2.45) is 0 Å². The SMILES string of the molecule is C[C@@H]1NCCC=C1c1cc2c(Nc3c(F)cc4scnc4c3F)ccnc2s1. The third kappa shape index (κ3) is 2.88. The van der Waals surface area contributed by atoms with Crippen LogP contribution in [0.2, 0.25) is 0 Å². The minimum absolute atomic E-state index is 0.178. The Morgan fingerprint density at radius 1 is 1.25 bits per heavy atom. The van der Waals surface area contributed by atoms with E-state index in [1.54, 1.807) is 23.6 Å². The monoisotopic (exact) mass is 414 g/mol. The van der Waals surface area contributed by atoms with Crippen LogP contribution in [-0.4, -0.2) is 22.6 Å². The molecule has 1 atom stereocenters. The van der Waals surface area contributed by atoms with Crippen LogP contribution in [0.3, 0.4) is 0 Å². The first-order chi connectivity index (χ1) is 13.6. The van der Waals surface area contributed by atoms with E-state index < -0.39 is 11.6 Å². The molecule has 2 N–H and O–H groups in total. The molecule has 0 aliphatic carbocycles. The van der Waals surface area contributed by atoms with Crippen LogP contribution in [0.15, 0.2) is 36.0 Å². The quantitative estimate of drug-likeness (QED) is 0.452. The Hall–Kier alpha value is -2.42. The number of anilines is 2. The summed E-state index contributed by atoms with van der Waals surface area (Å²) in [5, 5.41) is 7.24. The van der Waals surface area contributed by atoms with Gasteiger partial charge in [0.05, 0.1) is 15.9 Å². The fourth-order valence-electron chi connectivity index (χ4n) is 3.50. The predicted octanol–water partition coefficient (Wildman–Crippen LogP) is 5.69. The summed E-state index contributed by atoms with van der Waals surface area (Å²) < 4.78 is 29.8. The number of fused-ring (bicyclic) bond motifs is 2. The predicted molar refractivity (Wildman–Crippen MR) is 112 cm³/mol. The van der Waals surface area contributed by atoms with E-state index in [4.69, 9.17) is 0 Å². The van der Waals surface area contributed by atoms with Gasteiger partial charge in [-0.1, -0.05) is 6.08 Å². The van der Waals surface area contributed by atoms with Gasteiger partial charge in [0.25, 0.3) is 0 Å². The van der Waals surface area contributed by atoms with Gasteiger partial charge < -0.3 is 10.6 Å². The molecule has 0 bridgehead atoms. The molecular formula is C20H16F2N4S2. The fourth-order valence-corrected chi connectivity index (χ4v) is 5.35. The molecule has 0 saturated carbocycles. The topological polar surface area (TPSA) is 49.8 Å². The summed E-state index contributed by atoms with van der Waals surface area (Å²) >= 11 is 2.80. The molecular weight excluding hydrogens is 398 g/mol. The van der Waals surface area contributed by atoms with Gasteiger partial charge in [0, 0.05) is 22.5 Å². The van der Waals surface area contributed by atoms with E-state index >= 15 is 0 Å². The summed E-state index contributed by atoms with van der Waals surface area (Å²) in [7, 11) is 0. The molecule has 8 heteroatoms. The van der Waals surface area contributed by atoms with E-state index in [1.165, 1.54) is 28.5 Å². The highest BCUT2D eigenvalue weighted by Crippen LogP contribution is 2.38. The van der Waals surface area contributed by atoms with Gasteiger partial charge in [-0.2, -0.15) is 0 Å². The summed E-state index contributed by atoms with van der Waals surface area (Å²) in [6.45, 7) is 3.11. The molecule has 3 aromatic heterocycles. The van der Waals surface area contributed by atoms with Gasteiger partial charge >= 0.3 is 0 Å². The van der Waals surface area contributed by atoms with Gasteiger partial charge in [0.2, 0.25) is 0 Å². The van der Waals surface area contributed by atoms with E-state index in [0.29, 0.717) is 10.4 Å². The van der Waals surface area contributed by atoms with Crippen molar-refractivity contribution in [3.8, 4) is 0 Å². The van der Waals surface area contributed by atoms with Crippen molar-refractivity contribution in [3.05, 3.63) is 52.5 Å². The number of nitrogens with zero attached hydrogens (tertiary/aromatic N) is 2. The Kier molecular flexibility index (Phi) is 4.34. The Balaban J connectivity index is 1.59. The molecule has 5 rings (SSSR count). The fraction of sp³-hybridized carbons (Fsp3) is 0.200. The molecule has 0 unspecified atom stereocenters. The molecule has 1 aliphatic heterocycles. The van der Waals surface area contributed by atoms with Crippen LogP contribution in [0.4, 0.5) is 20.2 Å². The zero-order valence-corrected chi connectivity index (χ0v) is 16.6. The zero-order valence-electron chi connectivity index (χ0n) is 14.9. The molecule has 28 heavy (non-hydrogen) atoms. The summed E-state index contributed by atoms with van der Waals surface area (Å²) in [5.41, 5.74) is 3.36. The standard InChI is InChI=1S/C20H16F2N4S2/c1-10-11(3-2-5-23-10)15-7-12-14(4-6-24-20(12)28-15)26-18-13(21)8-16-19(17(18)22)25-9-27-16/h3-4,6-10,23H,2,5H2,1H3,(H,24,26)/t10-/m0/s1. The highest BCUT2D eigenvalue weighted by Gasteiger charge is 2.20. The summed E-state index contributed by atoms with van der Waals surface area (Å²) in [5.74, 6) is -1.31. The number of hydrogen-bond acceptors (Lipinski definition) is 6. The number of aromatic nitrogens is 2. The number of thiazole rings is 1. The van der Waals surface area contributed by atoms with Crippen LogP contribution >= 0.6 is 22.7 Å². The Morgan fingerprint density at radius 2 is 2.14 bits per heavy atom. The molecule has 0 saturated heterocycles. The lowest BCUT2D eigenvalue weighted by atomic mass is 10.0. The number of nitrogens with one attached hydrogen (secondary N) is 2. The number of rotatable bonds is 3. The molecule has 4 heterocycles. The smallest absolute Gasteiger partial charge is 0.176 e. The van der Waals surface area contributed by atoms with E-state index in [0.717, 1.165) is 28.1 Å². The van der Waals surface area contributed by atoms with Gasteiger partial charge in [-0.25, -0.2) is 18.7 Å².